The van der Waals surface area contributed by atoms with Gasteiger partial charge in [0.25, 0.3) is 0 Å². The zero-order valence-electron chi connectivity index (χ0n) is 7.58. The third kappa shape index (κ3) is 1.84. The summed E-state index contributed by atoms with van der Waals surface area (Å²) in [5.74, 6) is 0.288. The lowest BCUT2D eigenvalue weighted by Crippen LogP contribution is -2.57. The molecule has 2 N–H and O–H groups in total. The van der Waals surface area contributed by atoms with E-state index in [0.29, 0.717) is 19.8 Å². The van der Waals surface area contributed by atoms with E-state index in [9.17, 15) is 9.90 Å². The van der Waals surface area contributed by atoms with Gasteiger partial charge in [-0.2, -0.15) is 0 Å². The van der Waals surface area contributed by atoms with Crippen LogP contribution in [0, 0.1) is 5.92 Å². The Balaban J connectivity index is 1.69. The Morgan fingerprint density at radius 2 is 2.23 bits per heavy atom. The number of carbonyl (C=O) groups excluding carboxylic acids is 1. The van der Waals surface area contributed by atoms with Gasteiger partial charge in [0.2, 0.25) is 5.91 Å². The quantitative estimate of drug-likeness (QED) is 0.632. The molecule has 0 radical (unpaired) electrons. The van der Waals surface area contributed by atoms with Crippen molar-refractivity contribution in [1.82, 2.24) is 5.32 Å². The Labute approximate surface area is 77.3 Å². The number of hydrogen-bond acceptors (Lipinski definition) is 3. The highest BCUT2D eigenvalue weighted by Gasteiger charge is 2.37. The molecule has 1 saturated carbocycles. The van der Waals surface area contributed by atoms with Gasteiger partial charge >= 0.3 is 0 Å². The Kier molecular flexibility index (Phi) is 2.26. The van der Waals surface area contributed by atoms with Crippen molar-refractivity contribution in [3.63, 3.8) is 0 Å². The Hall–Kier alpha value is -0.610. The Bertz CT molecular complexity index is 209. The smallest absolute Gasteiger partial charge is 0.223 e. The van der Waals surface area contributed by atoms with E-state index in [0.717, 1.165) is 19.3 Å². The molecule has 13 heavy (non-hydrogen) atoms. The largest absolute Gasteiger partial charge is 0.383 e. The lowest BCUT2D eigenvalue weighted by molar-refractivity contribution is -0.176. The van der Waals surface area contributed by atoms with E-state index in [-0.39, 0.29) is 11.8 Å². The van der Waals surface area contributed by atoms with Gasteiger partial charge in [-0.05, 0) is 12.8 Å². The molecular weight excluding hydrogens is 170 g/mol. The SMILES string of the molecule is O=C(NCC1(O)COC1)C1CCC1. The maximum atomic E-state index is 11.3. The molecule has 0 aromatic rings. The molecular formula is C9H15NO3. The maximum absolute atomic E-state index is 11.3. The first-order valence-corrected chi connectivity index (χ1v) is 4.77. The molecule has 0 aromatic carbocycles. The zero-order chi connectivity index (χ0) is 9.31. The van der Waals surface area contributed by atoms with Crippen molar-refractivity contribution in [2.75, 3.05) is 19.8 Å². The second-order valence-corrected chi connectivity index (χ2v) is 4.06. The van der Waals surface area contributed by atoms with Gasteiger partial charge < -0.3 is 15.2 Å². The summed E-state index contributed by atoms with van der Waals surface area (Å²) in [5, 5.41) is 12.3. The first-order chi connectivity index (χ1) is 6.20. The highest BCUT2D eigenvalue weighted by molar-refractivity contribution is 5.79. The fourth-order valence-corrected chi connectivity index (χ4v) is 1.51. The molecule has 1 aliphatic carbocycles. The fourth-order valence-electron chi connectivity index (χ4n) is 1.51. The standard InChI is InChI=1S/C9H15NO3/c11-8(7-2-1-3-7)10-4-9(12)5-13-6-9/h7,12H,1-6H2,(H,10,11). The molecule has 1 saturated heterocycles. The van der Waals surface area contributed by atoms with Crippen molar-refractivity contribution < 1.29 is 14.6 Å². The van der Waals surface area contributed by atoms with Crippen LogP contribution in [0.25, 0.3) is 0 Å². The van der Waals surface area contributed by atoms with E-state index in [2.05, 4.69) is 5.32 Å². The molecule has 1 aliphatic heterocycles. The number of hydrogen-bond donors (Lipinski definition) is 2. The highest BCUT2D eigenvalue weighted by atomic mass is 16.5. The number of amides is 1. The fraction of sp³-hybridized carbons (Fsp3) is 0.889. The van der Waals surface area contributed by atoms with E-state index in [4.69, 9.17) is 4.74 Å². The third-order valence-corrected chi connectivity index (χ3v) is 2.81. The van der Waals surface area contributed by atoms with Gasteiger partial charge in [-0.15, -0.1) is 0 Å². The summed E-state index contributed by atoms with van der Waals surface area (Å²) in [6, 6.07) is 0. The summed E-state index contributed by atoms with van der Waals surface area (Å²) in [6.07, 6.45) is 3.16. The number of carbonyl (C=O) groups is 1. The molecule has 1 amide bonds. The van der Waals surface area contributed by atoms with Gasteiger partial charge in [0.1, 0.15) is 5.60 Å². The van der Waals surface area contributed by atoms with E-state index in [1.54, 1.807) is 0 Å². The summed E-state index contributed by atoms with van der Waals surface area (Å²) < 4.78 is 4.87. The van der Waals surface area contributed by atoms with Crippen molar-refractivity contribution in [1.29, 1.82) is 0 Å². The van der Waals surface area contributed by atoms with E-state index >= 15 is 0 Å². The van der Waals surface area contributed by atoms with Crippen molar-refractivity contribution in [2.45, 2.75) is 24.9 Å². The van der Waals surface area contributed by atoms with Gasteiger partial charge in [-0.25, -0.2) is 0 Å². The lowest BCUT2D eigenvalue weighted by atomic mass is 9.84. The third-order valence-electron chi connectivity index (χ3n) is 2.81. The van der Waals surface area contributed by atoms with Crippen LogP contribution >= 0.6 is 0 Å². The van der Waals surface area contributed by atoms with Crippen LogP contribution in [0.3, 0.4) is 0 Å². The van der Waals surface area contributed by atoms with Crippen LogP contribution in [-0.4, -0.2) is 36.4 Å². The monoisotopic (exact) mass is 185 g/mol. The van der Waals surface area contributed by atoms with Gasteiger partial charge in [-0.1, -0.05) is 6.42 Å². The van der Waals surface area contributed by atoms with Crippen LogP contribution in [0.15, 0.2) is 0 Å². The van der Waals surface area contributed by atoms with E-state index in [1.807, 2.05) is 0 Å². The van der Waals surface area contributed by atoms with E-state index in [1.165, 1.54) is 0 Å². The number of nitrogens with one attached hydrogen (secondary N) is 1. The number of aliphatic hydroxyl groups is 1. The minimum atomic E-state index is -0.792. The number of ether oxygens (including phenoxy) is 1. The van der Waals surface area contributed by atoms with Crippen LogP contribution in [0.2, 0.25) is 0 Å². The molecule has 0 atom stereocenters. The predicted molar refractivity (Wildman–Crippen MR) is 46.1 cm³/mol. The summed E-state index contributed by atoms with van der Waals surface area (Å²) in [5.41, 5.74) is -0.792. The summed E-state index contributed by atoms with van der Waals surface area (Å²) >= 11 is 0. The minimum absolute atomic E-state index is 0.0894. The molecule has 0 spiro atoms. The van der Waals surface area contributed by atoms with Crippen LogP contribution in [-0.2, 0) is 9.53 Å². The van der Waals surface area contributed by atoms with Crippen LogP contribution in [0.1, 0.15) is 19.3 Å². The average Bonchev–Trinajstić information content (AvgIpc) is 1.94. The molecule has 2 rings (SSSR count). The zero-order valence-corrected chi connectivity index (χ0v) is 7.58. The summed E-state index contributed by atoms with van der Waals surface area (Å²) in [6.45, 7) is 1.03. The Morgan fingerprint density at radius 1 is 1.54 bits per heavy atom. The first kappa shape index (κ1) is 8.97. The molecule has 0 unspecified atom stereocenters. The van der Waals surface area contributed by atoms with Gasteiger partial charge in [-0.3, -0.25) is 4.79 Å². The molecule has 2 fully saturated rings. The van der Waals surface area contributed by atoms with Gasteiger partial charge in [0.15, 0.2) is 0 Å². The highest BCUT2D eigenvalue weighted by Crippen LogP contribution is 2.26. The lowest BCUT2D eigenvalue weighted by Gasteiger charge is -2.37. The van der Waals surface area contributed by atoms with Crippen LogP contribution in [0.5, 0.6) is 0 Å². The van der Waals surface area contributed by atoms with Crippen molar-refractivity contribution in [3.8, 4) is 0 Å². The van der Waals surface area contributed by atoms with E-state index < -0.39 is 5.60 Å². The molecule has 1 heterocycles. The molecule has 2 aliphatic rings. The first-order valence-electron chi connectivity index (χ1n) is 4.77. The average molecular weight is 185 g/mol. The second kappa shape index (κ2) is 3.27. The molecule has 74 valence electrons. The maximum Gasteiger partial charge on any atom is 0.223 e. The molecule has 4 nitrogen and oxygen atoms in total. The summed E-state index contributed by atoms with van der Waals surface area (Å²) in [7, 11) is 0. The van der Waals surface area contributed by atoms with Gasteiger partial charge in [0, 0.05) is 5.92 Å². The Morgan fingerprint density at radius 3 is 2.62 bits per heavy atom. The summed E-state index contributed by atoms with van der Waals surface area (Å²) in [4.78, 5) is 11.3. The molecule has 4 heteroatoms. The minimum Gasteiger partial charge on any atom is -0.383 e. The van der Waals surface area contributed by atoms with Crippen LogP contribution < -0.4 is 5.32 Å². The molecule has 0 aromatic heterocycles. The van der Waals surface area contributed by atoms with Gasteiger partial charge in [0.05, 0.1) is 19.8 Å². The topological polar surface area (TPSA) is 58.6 Å². The predicted octanol–water partition coefficient (Wildman–Crippen LogP) is -0.336. The van der Waals surface area contributed by atoms with Crippen LogP contribution in [0.4, 0.5) is 0 Å². The van der Waals surface area contributed by atoms with Crippen molar-refractivity contribution >= 4 is 5.91 Å². The molecule has 0 bridgehead atoms. The second-order valence-electron chi connectivity index (χ2n) is 4.06. The van der Waals surface area contributed by atoms with Crippen molar-refractivity contribution in [3.05, 3.63) is 0 Å². The number of rotatable bonds is 3. The van der Waals surface area contributed by atoms with Crippen molar-refractivity contribution in [2.24, 2.45) is 5.92 Å². The normalized spacial score (nSPS) is 25.9.